The summed E-state index contributed by atoms with van der Waals surface area (Å²) in [5.41, 5.74) is 0.208. The summed E-state index contributed by atoms with van der Waals surface area (Å²) >= 11 is 0. The van der Waals surface area contributed by atoms with Gasteiger partial charge in [-0.1, -0.05) is 0 Å². The van der Waals surface area contributed by atoms with Crippen LogP contribution in [0.15, 0.2) is 18.2 Å². The van der Waals surface area contributed by atoms with E-state index in [9.17, 15) is 18.4 Å². The van der Waals surface area contributed by atoms with Crippen molar-refractivity contribution in [2.45, 2.75) is 31.2 Å². The maximum atomic E-state index is 13.7. The van der Waals surface area contributed by atoms with Crippen LogP contribution >= 0.6 is 0 Å². The fourth-order valence-electron chi connectivity index (χ4n) is 3.11. The Morgan fingerprint density at radius 1 is 1.29 bits per heavy atom. The maximum absolute atomic E-state index is 13.7. The highest BCUT2D eigenvalue weighted by atomic mass is 19.1. The van der Waals surface area contributed by atoms with Crippen molar-refractivity contribution >= 4 is 11.9 Å². The van der Waals surface area contributed by atoms with Gasteiger partial charge in [-0.3, -0.25) is 4.79 Å². The number of carbonyl (C=O) groups excluding carboxylic acids is 1. The highest BCUT2D eigenvalue weighted by Gasteiger charge is 2.49. The number of hydrogen-bond donors (Lipinski definition) is 1. The molecule has 4 nitrogen and oxygen atoms in total. The predicted molar refractivity (Wildman–Crippen MR) is 69.6 cm³/mol. The number of carboxylic acid groups (broad SMARTS) is 1. The Balaban J connectivity index is 1.74. The molecule has 1 aromatic rings. The van der Waals surface area contributed by atoms with Gasteiger partial charge in [0.25, 0.3) is 0 Å². The lowest BCUT2D eigenvalue weighted by atomic mass is 10.1. The summed E-state index contributed by atoms with van der Waals surface area (Å²) in [5, 5.41) is 9.09. The first-order valence-electron chi connectivity index (χ1n) is 6.97. The van der Waals surface area contributed by atoms with E-state index in [1.807, 2.05) is 0 Å². The van der Waals surface area contributed by atoms with Crippen molar-refractivity contribution in [2.24, 2.45) is 5.92 Å². The molecule has 0 aromatic heterocycles. The predicted octanol–water partition coefficient (Wildman–Crippen LogP) is 2.14. The van der Waals surface area contributed by atoms with Gasteiger partial charge >= 0.3 is 5.97 Å². The van der Waals surface area contributed by atoms with Gasteiger partial charge in [-0.2, -0.15) is 0 Å². The van der Waals surface area contributed by atoms with E-state index in [4.69, 9.17) is 5.11 Å². The molecule has 0 spiro atoms. The molecule has 3 rings (SSSR count). The maximum Gasteiger partial charge on any atom is 0.326 e. The van der Waals surface area contributed by atoms with Crippen LogP contribution in [0.5, 0.6) is 0 Å². The van der Waals surface area contributed by atoms with Gasteiger partial charge in [0.15, 0.2) is 0 Å². The molecule has 1 aliphatic heterocycles. The fraction of sp³-hybridized carbons (Fsp3) is 0.467. The van der Waals surface area contributed by atoms with Crippen molar-refractivity contribution in [3.8, 4) is 0 Å². The normalized spacial score (nSPS) is 27.7. The number of nitrogens with zero attached hydrogens (tertiary/aromatic N) is 1. The summed E-state index contributed by atoms with van der Waals surface area (Å²) in [6.45, 7) is 0.421. The Morgan fingerprint density at radius 3 is 2.76 bits per heavy atom. The number of amides is 1. The first-order chi connectivity index (χ1) is 9.99. The molecule has 1 saturated carbocycles. The lowest BCUT2D eigenvalue weighted by molar-refractivity contribution is -0.148. The molecule has 1 N–H and O–H groups in total. The van der Waals surface area contributed by atoms with Crippen molar-refractivity contribution in [3.63, 3.8) is 0 Å². The van der Waals surface area contributed by atoms with Gasteiger partial charge in [0.2, 0.25) is 5.91 Å². The molecule has 1 aliphatic carbocycles. The molecule has 2 unspecified atom stereocenters. The molecule has 1 aromatic carbocycles. The van der Waals surface area contributed by atoms with Crippen LogP contribution in [0, 0.1) is 17.6 Å². The van der Waals surface area contributed by atoms with E-state index in [-0.39, 0.29) is 17.4 Å². The SMILES string of the molecule is O=C(O)[C@@H]1CCCN1C(=O)C1CC1c1cc(F)ccc1F. The lowest BCUT2D eigenvalue weighted by Gasteiger charge is -2.21. The van der Waals surface area contributed by atoms with Crippen molar-refractivity contribution in [2.75, 3.05) is 6.54 Å². The minimum Gasteiger partial charge on any atom is -0.480 e. The van der Waals surface area contributed by atoms with Crippen LogP contribution in [0.25, 0.3) is 0 Å². The van der Waals surface area contributed by atoms with E-state index in [0.29, 0.717) is 25.8 Å². The Bertz CT molecular complexity index is 605. The zero-order valence-electron chi connectivity index (χ0n) is 11.3. The first-order valence-corrected chi connectivity index (χ1v) is 6.97. The van der Waals surface area contributed by atoms with E-state index < -0.39 is 29.6 Å². The van der Waals surface area contributed by atoms with Crippen LogP contribution in [0.4, 0.5) is 8.78 Å². The standard InChI is InChI=1S/C15H15F2NO3/c16-8-3-4-12(17)10(6-8)9-7-11(9)14(19)18-5-1-2-13(18)15(20)21/h3-4,6,9,11,13H,1-2,5,7H2,(H,20,21)/t9?,11?,13-/m0/s1. The molecule has 2 aliphatic rings. The zero-order valence-corrected chi connectivity index (χ0v) is 11.3. The lowest BCUT2D eigenvalue weighted by Crippen LogP contribution is -2.41. The molecule has 0 bridgehead atoms. The van der Waals surface area contributed by atoms with Crippen molar-refractivity contribution in [1.82, 2.24) is 4.90 Å². The smallest absolute Gasteiger partial charge is 0.326 e. The average Bonchev–Trinajstić information content (AvgIpc) is 3.07. The second-order valence-corrected chi connectivity index (χ2v) is 5.64. The minimum absolute atomic E-state index is 0.208. The number of aliphatic carboxylic acids is 1. The Morgan fingerprint density at radius 2 is 2.05 bits per heavy atom. The number of likely N-dealkylation sites (tertiary alicyclic amines) is 1. The third kappa shape index (κ3) is 2.50. The highest BCUT2D eigenvalue weighted by molar-refractivity contribution is 5.88. The van der Waals surface area contributed by atoms with Crippen LogP contribution < -0.4 is 0 Å². The number of benzene rings is 1. The van der Waals surface area contributed by atoms with Crippen LogP contribution in [-0.2, 0) is 9.59 Å². The van der Waals surface area contributed by atoms with Crippen molar-refractivity contribution < 1.29 is 23.5 Å². The van der Waals surface area contributed by atoms with Gasteiger partial charge in [-0.15, -0.1) is 0 Å². The summed E-state index contributed by atoms with van der Waals surface area (Å²) in [4.78, 5) is 24.8. The van der Waals surface area contributed by atoms with Gasteiger partial charge < -0.3 is 10.0 Å². The summed E-state index contributed by atoms with van der Waals surface area (Å²) in [6.07, 6.45) is 1.56. The van der Waals surface area contributed by atoms with E-state index in [2.05, 4.69) is 0 Å². The van der Waals surface area contributed by atoms with Gasteiger partial charge in [-0.05, 0) is 48.9 Å². The molecular formula is C15H15F2NO3. The molecule has 1 amide bonds. The highest BCUT2D eigenvalue weighted by Crippen LogP contribution is 2.50. The molecule has 6 heteroatoms. The topological polar surface area (TPSA) is 57.6 Å². The van der Waals surface area contributed by atoms with Crippen LogP contribution in [-0.4, -0.2) is 34.5 Å². The molecule has 1 saturated heterocycles. The van der Waals surface area contributed by atoms with E-state index in [0.717, 1.165) is 18.2 Å². The van der Waals surface area contributed by atoms with Crippen LogP contribution in [0.2, 0.25) is 0 Å². The molecule has 112 valence electrons. The third-order valence-electron chi connectivity index (χ3n) is 4.29. The molecule has 0 radical (unpaired) electrons. The Kier molecular flexibility index (Phi) is 3.39. The van der Waals surface area contributed by atoms with Gasteiger partial charge in [0.1, 0.15) is 17.7 Å². The fourth-order valence-corrected chi connectivity index (χ4v) is 3.11. The van der Waals surface area contributed by atoms with E-state index >= 15 is 0 Å². The largest absolute Gasteiger partial charge is 0.480 e. The number of halogens is 2. The van der Waals surface area contributed by atoms with E-state index in [1.165, 1.54) is 4.90 Å². The van der Waals surface area contributed by atoms with Crippen molar-refractivity contribution in [1.29, 1.82) is 0 Å². The second kappa shape index (κ2) is 5.09. The molecule has 1 heterocycles. The summed E-state index contributed by atoms with van der Waals surface area (Å²) in [6, 6.07) is 2.43. The first kappa shape index (κ1) is 14.0. The monoisotopic (exact) mass is 295 g/mol. The molecule has 21 heavy (non-hydrogen) atoms. The van der Waals surface area contributed by atoms with Gasteiger partial charge in [0.05, 0.1) is 0 Å². The Hall–Kier alpha value is -1.98. The van der Waals surface area contributed by atoms with Crippen LogP contribution in [0.3, 0.4) is 0 Å². The zero-order chi connectivity index (χ0) is 15.1. The molecule has 2 fully saturated rings. The van der Waals surface area contributed by atoms with Gasteiger partial charge in [-0.25, -0.2) is 13.6 Å². The van der Waals surface area contributed by atoms with Crippen LogP contribution in [0.1, 0.15) is 30.7 Å². The average molecular weight is 295 g/mol. The van der Waals surface area contributed by atoms with Crippen molar-refractivity contribution in [3.05, 3.63) is 35.4 Å². The molecular weight excluding hydrogens is 280 g/mol. The van der Waals surface area contributed by atoms with Gasteiger partial charge in [0, 0.05) is 12.5 Å². The number of carbonyl (C=O) groups is 2. The van der Waals surface area contributed by atoms with E-state index in [1.54, 1.807) is 0 Å². The number of rotatable bonds is 3. The third-order valence-corrected chi connectivity index (χ3v) is 4.29. The quantitative estimate of drug-likeness (QED) is 0.929. The summed E-state index contributed by atoms with van der Waals surface area (Å²) in [5.74, 6) is -3.09. The minimum atomic E-state index is -1.00. The Labute approximate surface area is 120 Å². The second-order valence-electron chi connectivity index (χ2n) is 5.64. The summed E-state index contributed by atoms with van der Waals surface area (Å²) < 4.78 is 26.9. The number of hydrogen-bond acceptors (Lipinski definition) is 2. The number of carboxylic acids is 1. The summed E-state index contributed by atoms with van der Waals surface area (Å²) in [7, 11) is 0. The molecule has 3 atom stereocenters.